The second-order valence-corrected chi connectivity index (χ2v) is 6.69. The van der Waals surface area contributed by atoms with Crippen LogP contribution in [0.25, 0.3) is 0 Å². The predicted octanol–water partition coefficient (Wildman–Crippen LogP) is 4.83. The molecule has 0 amide bonds. The zero-order chi connectivity index (χ0) is 19.6. The van der Waals surface area contributed by atoms with Gasteiger partial charge in [0.25, 0.3) is 0 Å². The lowest BCUT2D eigenvalue weighted by Gasteiger charge is -2.22. The van der Waals surface area contributed by atoms with Crippen molar-refractivity contribution in [3.05, 3.63) is 63.9 Å². The molecule has 0 unspecified atom stereocenters. The van der Waals surface area contributed by atoms with Crippen molar-refractivity contribution in [1.29, 1.82) is 5.26 Å². The van der Waals surface area contributed by atoms with E-state index >= 15 is 0 Å². The van der Waals surface area contributed by atoms with Crippen LogP contribution >= 0.6 is 11.6 Å². The summed E-state index contributed by atoms with van der Waals surface area (Å²) in [4.78, 5) is 14.8. The molecular weight excluding hydrogens is 360 g/mol. The lowest BCUT2D eigenvalue weighted by Crippen LogP contribution is -2.17. The highest BCUT2D eigenvalue weighted by Gasteiger charge is 2.15. The van der Waals surface area contributed by atoms with Gasteiger partial charge in [0.05, 0.1) is 11.6 Å². The molecule has 6 nitrogen and oxygen atoms in total. The van der Waals surface area contributed by atoms with Crippen molar-refractivity contribution in [1.82, 2.24) is 15.0 Å². The number of aryl methyl sites for hydroxylation is 3. The molecule has 0 spiro atoms. The molecule has 27 heavy (non-hydrogen) atoms. The molecule has 3 aromatic rings. The zero-order valence-corrected chi connectivity index (χ0v) is 16.3. The zero-order valence-electron chi connectivity index (χ0n) is 15.6. The van der Waals surface area contributed by atoms with E-state index in [1.165, 1.54) is 5.56 Å². The van der Waals surface area contributed by atoms with Crippen molar-refractivity contribution in [2.45, 2.75) is 20.8 Å². The van der Waals surface area contributed by atoms with Crippen LogP contribution in [0.5, 0.6) is 0 Å². The summed E-state index contributed by atoms with van der Waals surface area (Å²) in [6, 6.07) is 13.3. The highest BCUT2D eigenvalue weighted by Crippen LogP contribution is 2.30. The Balaban J connectivity index is 1.94. The minimum atomic E-state index is 0.102. The van der Waals surface area contributed by atoms with E-state index in [2.05, 4.69) is 59.2 Å². The molecule has 136 valence electrons. The average Bonchev–Trinajstić information content (AvgIpc) is 2.61. The number of hydrogen-bond donors (Lipinski definition) is 1. The molecule has 0 aliphatic carbocycles. The van der Waals surface area contributed by atoms with Crippen LogP contribution < -0.4 is 10.2 Å². The smallest absolute Gasteiger partial charge is 0.235 e. The molecule has 0 fully saturated rings. The van der Waals surface area contributed by atoms with Gasteiger partial charge >= 0.3 is 0 Å². The topological polar surface area (TPSA) is 77.7 Å². The van der Waals surface area contributed by atoms with Crippen LogP contribution in [-0.2, 0) is 0 Å². The molecule has 0 bridgehead atoms. The fourth-order valence-electron chi connectivity index (χ4n) is 3.10. The maximum Gasteiger partial charge on any atom is 0.235 e. The summed E-state index contributed by atoms with van der Waals surface area (Å²) in [6.07, 6.45) is 0. The van der Waals surface area contributed by atoms with Gasteiger partial charge in [-0.2, -0.15) is 20.2 Å². The lowest BCUT2D eigenvalue weighted by atomic mass is 10.0. The number of aromatic nitrogens is 3. The summed E-state index contributed by atoms with van der Waals surface area (Å²) in [6.45, 7) is 6.19. The van der Waals surface area contributed by atoms with Crippen LogP contribution in [0.15, 0.2) is 36.4 Å². The fraction of sp³-hybridized carbons (Fsp3) is 0.200. The van der Waals surface area contributed by atoms with Crippen molar-refractivity contribution in [2.75, 3.05) is 17.3 Å². The second-order valence-electron chi connectivity index (χ2n) is 6.35. The number of nitrogens with zero attached hydrogens (tertiary/aromatic N) is 5. The highest BCUT2D eigenvalue weighted by molar-refractivity contribution is 6.28. The van der Waals surface area contributed by atoms with E-state index in [9.17, 15) is 0 Å². The van der Waals surface area contributed by atoms with Crippen molar-refractivity contribution in [3.63, 3.8) is 0 Å². The van der Waals surface area contributed by atoms with Gasteiger partial charge in [-0.25, -0.2) is 0 Å². The molecule has 0 aliphatic rings. The summed E-state index contributed by atoms with van der Waals surface area (Å²) in [5, 5.41) is 12.1. The molecule has 1 aromatic heterocycles. The Bertz CT molecular complexity index is 1000. The van der Waals surface area contributed by atoms with E-state index in [1.54, 1.807) is 24.3 Å². The molecule has 1 heterocycles. The van der Waals surface area contributed by atoms with Gasteiger partial charge < -0.3 is 10.2 Å². The summed E-state index contributed by atoms with van der Waals surface area (Å²) in [5.41, 5.74) is 5.85. The van der Waals surface area contributed by atoms with E-state index in [-0.39, 0.29) is 5.28 Å². The largest absolute Gasteiger partial charge is 0.324 e. The Labute approximate surface area is 163 Å². The Hall–Kier alpha value is -3.17. The van der Waals surface area contributed by atoms with Gasteiger partial charge in [-0.3, -0.25) is 0 Å². The number of nitrogens with one attached hydrogen (secondary N) is 1. The van der Waals surface area contributed by atoms with Crippen molar-refractivity contribution in [3.8, 4) is 6.07 Å². The van der Waals surface area contributed by atoms with Gasteiger partial charge in [-0.1, -0.05) is 17.7 Å². The Kier molecular flexibility index (Phi) is 5.24. The number of rotatable bonds is 4. The molecule has 1 N–H and O–H groups in total. The number of hydrogen-bond acceptors (Lipinski definition) is 6. The molecule has 7 heteroatoms. The van der Waals surface area contributed by atoms with Crippen LogP contribution in [0, 0.1) is 32.1 Å². The minimum Gasteiger partial charge on any atom is -0.324 e. The number of benzene rings is 2. The van der Waals surface area contributed by atoms with E-state index in [0.717, 1.165) is 22.5 Å². The van der Waals surface area contributed by atoms with Gasteiger partial charge in [0.15, 0.2) is 0 Å². The number of nitriles is 1. The Morgan fingerprint density at radius 3 is 2.22 bits per heavy atom. The molecule has 3 rings (SSSR count). The summed E-state index contributed by atoms with van der Waals surface area (Å²) in [5.74, 6) is 0.783. The van der Waals surface area contributed by atoms with Gasteiger partial charge in [0.2, 0.25) is 17.2 Å². The normalized spacial score (nSPS) is 10.4. The van der Waals surface area contributed by atoms with Crippen molar-refractivity contribution >= 4 is 34.9 Å². The molecule has 0 atom stereocenters. The van der Waals surface area contributed by atoms with E-state index < -0.39 is 0 Å². The van der Waals surface area contributed by atoms with Crippen LogP contribution in [0.3, 0.4) is 0 Å². The molecule has 0 radical (unpaired) electrons. The first-order chi connectivity index (χ1) is 12.9. The van der Waals surface area contributed by atoms with Gasteiger partial charge in [-0.15, -0.1) is 0 Å². The summed E-state index contributed by atoms with van der Waals surface area (Å²) >= 11 is 6.13. The molecule has 0 saturated carbocycles. The molecular formula is C20H19ClN6. The third-order valence-electron chi connectivity index (χ3n) is 4.14. The van der Waals surface area contributed by atoms with Crippen molar-refractivity contribution in [2.24, 2.45) is 0 Å². The minimum absolute atomic E-state index is 0.102. The third-order valence-corrected chi connectivity index (χ3v) is 4.31. The highest BCUT2D eigenvalue weighted by atomic mass is 35.5. The van der Waals surface area contributed by atoms with Gasteiger partial charge in [0, 0.05) is 18.4 Å². The summed E-state index contributed by atoms with van der Waals surface area (Å²) in [7, 11) is 1.90. The first-order valence-corrected chi connectivity index (χ1v) is 8.75. The molecule has 2 aromatic carbocycles. The third kappa shape index (κ3) is 4.15. The standard InChI is InChI=1S/C20H19ClN6/c1-12-9-13(2)17(14(3)10-12)27(4)20-25-18(21)24-19(26-20)23-16-7-5-15(11-22)6-8-16/h5-10H,1-4H3,(H,23,24,25,26). The van der Waals surface area contributed by atoms with E-state index in [1.807, 2.05) is 11.9 Å². The van der Waals surface area contributed by atoms with Crippen LogP contribution in [0.1, 0.15) is 22.3 Å². The number of anilines is 4. The van der Waals surface area contributed by atoms with Crippen LogP contribution in [0.2, 0.25) is 5.28 Å². The van der Waals surface area contributed by atoms with Gasteiger partial charge in [-0.05, 0) is 67.8 Å². The van der Waals surface area contributed by atoms with Crippen molar-refractivity contribution < 1.29 is 0 Å². The molecule has 0 saturated heterocycles. The van der Waals surface area contributed by atoms with Crippen LogP contribution in [0.4, 0.5) is 23.3 Å². The van der Waals surface area contributed by atoms with Crippen LogP contribution in [-0.4, -0.2) is 22.0 Å². The SMILES string of the molecule is Cc1cc(C)c(N(C)c2nc(Cl)nc(Nc3ccc(C#N)cc3)n2)c(C)c1. The maximum absolute atomic E-state index is 8.90. The quantitative estimate of drug-likeness (QED) is 0.700. The number of halogens is 1. The monoisotopic (exact) mass is 378 g/mol. The Morgan fingerprint density at radius 1 is 1.00 bits per heavy atom. The van der Waals surface area contributed by atoms with Gasteiger partial charge in [0.1, 0.15) is 0 Å². The fourth-order valence-corrected chi connectivity index (χ4v) is 3.26. The van der Waals surface area contributed by atoms with E-state index in [0.29, 0.717) is 17.5 Å². The molecule has 0 aliphatic heterocycles. The first kappa shape index (κ1) is 18.6. The lowest BCUT2D eigenvalue weighted by molar-refractivity contribution is 0.982. The van der Waals surface area contributed by atoms with E-state index in [4.69, 9.17) is 16.9 Å². The first-order valence-electron chi connectivity index (χ1n) is 8.37. The second kappa shape index (κ2) is 7.60. The predicted molar refractivity (Wildman–Crippen MR) is 108 cm³/mol. The maximum atomic E-state index is 8.90. The summed E-state index contributed by atoms with van der Waals surface area (Å²) < 4.78 is 0. The Morgan fingerprint density at radius 2 is 1.63 bits per heavy atom. The average molecular weight is 379 g/mol.